The Kier molecular flexibility index (Phi) is 908. The summed E-state index contributed by atoms with van der Waals surface area (Å²) < 4.78 is 6.92. The maximum atomic E-state index is 6.92. The Hall–Kier alpha value is 0.371. The van der Waals surface area contributed by atoms with E-state index < -0.39 is 0 Å². The van der Waals surface area contributed by atoms with Gasteiger partial charge in [-0.2, -0.15) is 0 Å². The summed E-state index contributed by atoms with van der Waals surface area (Å²) >= 11 is 1.42. The zero-order valence-electron chi connectivity index (χ0n) is 4.23. The van der Waals surface area contributed by atoms with Gasteiger partial charge in [-0.05, 0) is 0 Å². The van der Waals surface area contributed by atoms with Crippen molar-refractivity contribution in [2.75, 3.05) is 0 Å². The molecular formula is H4AlBeNO. The fraction of sp³-hybridized carbons (Fsp3) is 0. The van der Waals surface area contributed by atoms with Crippen LogP contribution in [0.15, 0.2) is 0 Å². The molecule has 0 bridgehead atoms. The van der Waals surface area contributed by atoms with Gasteiger partial charge < -0.3 is 8.33 Å². The molecule has 4 heteroatoms. The zero-order valence-corrected chi connectivity index (χ0v) is 3.39. The van der Waals surface area contributed by atoms with E-state index in [2.05, 4.69) is 0 Å². The second kappa shape index (κ2) is 138. The van der Waals surface area contributed by atoms with Gasteiger partial charge in [0, 0.05) is 0 Å². The Labute approximate surface area is 39.4 Å². The van der Waals surface area contributed by atoms with Gasteiger partial charge in [0.2, 0.25) is 0 Å². The summed E-state index contributed by atoms with van der Waals surface area (Å²) in [6.07, 6.45) is 0. The quantitative estimate of drug-likeness (QED) is 0.325. The molecule has 20 valence electrons. The van der Waals surface area contributed by atoms with Crippen molar-refractivity contribution in [2.45, 2.75) is 0 Å². The van der Waals surface area contributed by atoms with E-state index in [9.17, 15) is 0 Å². The second-order valence-corrected chi connectivity index (χ2v) is 0. The summed E-state index contributed by atoms with van der Waals surface area (Å²) in [5, 5.41) is 0. The Morgan fingerprint density at radius 1 is 1.50 bits per heavy atom. The van der Waals surface area contributed by atoms with E-state index in [1.54, 1.807) is 0 Å². The van der Waals surface area contributed by atoms with Crippen LogP contribution in [0.25, 0.3) is 0 Å². The van der Waals surface area contributed by atoms with Crippen molar-refractivity contribution in [3.63, 3.8) is 0 Å². The first-order chi connectivity index (χ1) is 1.00. The van der Waals surface area contributed by atoms with Gasteiger partial charge in [0.15, 0.2) is 0 Å². The van der Waals surface area contributed by atoms with Gasteiger partial charge in [-0.3, -0.25) is 0 Å². The summed E-state index contributed by atoms with van der Waals surface area (Å²) in [6, 6.07) is 0. The van der Waals surface area contributed by atoms with Gasteiger partial charge >= 0.3 is 30.2 Å². The molecule has 2 nitrogen and oxygen atoms in total. The van der Waals surface area contributed by atoms with Crippen LogP contribution in [0, 0.1) is 4.17 Å². The summed E-state index contributed by atoms with van der Waals surface area (Å²) in [4.78, 5) is 0. The minimum absolute atomic E-state index is 0. The van der Waals surface area contributed by atoms with Crippen LogP contribution in [0.4, 0.5) is 0 Å². The molecular weight excluding hydrogens is 66.0 g/mol. The molecule has 0 spiro atoms. The van der Waals surface area contributed by atoms with E-state index in [0.717, 1.165) is 0 Å². The monoisotopic (exact) mass is 70.0 g/mol. The van der Waals surface area contributed by atoms with Crippen LogP contribution in [-0.4, -0.2) is 31.5 Å². The standard InChI is InChI=1S/Al.Be.N.H2O.2H/h;;;1H2;;/q;+2;;;2*-1. The van der Waals surface area contributed by atoms with Crippen LogP contribution in [0.1, 0.15) is 2.85 Å². The Morgan fingerprint density at radius 3 is 1.50 bits per heavy atom. The van der Waals surface area contributed by atoms with E-state index in [1.807, 2.05) is 0 Å². The van der Waals surface area contributed by atoms with Crippen molar-refractivity contribution >= 4 is 26.0 Å². The zero-order chi connectivity index (χ0) is 2.00. The first-order valence-corrected chi connectivity index (χ1v) is 0.775. The molecule has 0 saturated heterocycles. The van der Waals surface area contributed by atoms with Gasteiger partial charge in [-0.15, -0.1) is 0 Å². The molecule has 0 saturated carbocycles. The number of hydrogen-bond donors (Lipinski definition) is 0. The topological polar surface area (TPSA) is 55.3 Å². The predicted octanol–water partition coefficient (Wildman–Crippen LogP) is -1.35. The molecule has 0 unspecified atom stereocenters. The summed E-state index contributed by atoms with van der Waals surface area (Å²) in [7, 11) is 0. The van der Waals surface area contributed by atoms with E-state index >= 15 is 0 Å². The van der Waals surface area contributed by atoms with Crippen LogP contribution in [-0.2, 0) is 0 Å². The first-order valence-electron chi connectivity index (χ1n) is 0.258. The molecule has 0 heterocycles. The molecule has 0 aliphatic rings. The minimum atomic E-state index is 0. The summed E-state index contributed by atoms with van der Waals surface area (Å²) in [5.41, 5.74) is 0. The molecule has 0 rings (SSSR count). The van der Waals surface area contributed by atoms with Crippen molar-refractivity contribution in [1.82, 2.24) is 0 Å². The molecule has 0 aliphatic heterocycles. The number of rotatable bonds is 0. The molecule has 4 heavy (non-hydrogen) atoms. The summed E-state index contributed by atoms with van der Waals surface area (Å²) in [5.74, 6) is 0. The molecule has 0 aromatic rings. The third kappa shape index (κ3) is 32.3. The van der Waals surface area contributed by atoms with E-state index in [1.165, 1.54) is 15.9 Å². The van der Waals surface area contributed by atoms with Gasteiger partial charge in [0.05, 0.1) is 0 Å². The van der Waals surface area contributed by atoms with Crippen molar-refractivity contribution < 1.29 is 8.33 Å². The van der Waals surface area contributed by atoms with Crippen molar-refractivity contribution in [3.05, 3.63) is 0 Å². The Bertz CT molecular complexity index is 18.3. The van der Waals surface area contributed by atoms with Crippen LogP contribution < -0.4 is 0 Å². The molecule has 0 radical (unpaired) electrons. The van der Waals surface area contributed by atoms with Gasteiger partial charge in [0.25, 0.3) is 0 Å². The van der Waals surface area contributed by atoms with Gasteiger partial charge in [-0.1, -0.05) is 0 Å². The average molecular weight is 70.0 g/mol. The normalized spacial score (nSPS) is 1.25. The molecule has 0 amide bonds. The second-order valence-electron chi connectivity index (χ2n) is 0. The first kappa shape index (κ1) is 26.4. The molecule has 0 aromatic carbocycles. The van der Waals surface area contributed by atoms with Crippen LogP contribution in [0.3, 0.4) is 0 Å². The average Bonchev–Trinajstić information content (AvgIpc) is 1.00. The van der Waals surface area contributed by atoms with Crippen molar-refractivity contribution in [3.8, 4) is 0 Å². The van der Waals surface area contributed by atoms with E-state index in [0.29, 0.717) is 0 Å². The van der Waals surface area contributed by atoms with Crippen LogP contribution in [0.5, 0.6) is 0 Å². The van der Waals surface area contributed by atoms with Crippen LogP contribution >= 0.6 is 0 Å². The fourth-order valence-electron chi connectivity index (χ4n) is 0. The van der Waals surface area contributed by atoms with Gasteiger partial charge in [0.1, 0.15) is 0 Å². The number of nitrogens with zero attached hydrogens (tertiary/aromatic N) is 1. The maximum absolute atomic E-state index is 6.92. The molecule has 2 N–H and O–H groups in total. The Morgan fingerprint density at radius 2 is 1.50 bits per heavy atom. The predicted molar refractivity (Wildman–Crippen MR) is 19.1 cm³/mol. The van der Waals surface area contributed by atoms with Gasteiger partial charge in [-0.25, -0.2) is 0 Å². The third-order valence-electron chi connectivity index (χ3n) is 0. The fourth-order valence-corrected chi connectivity index (χ4v) is 0. The van der Waals surface area contributed by atoms with E-state index in [4.69, 9.17) is 4.17 Å². The third-order valence-corrected chi connectivity index (χ3v) is 0. The molecule has 0 aromatic heterocycles. The Balaban J connectivity index is -0.000000000833. The SMILES string of the molecule is O.[Be+2].[H-].[H-].[N]#[Al]. The van der Waals surface area contributed by atoms with E-state index in [-0.39, 0.29) is 18.5 Å². The summed E-state index contributed by atoms with van der Waals surface area (Å²) in [6.45, 7) is 0. The van der Waals surface area contributed by atoms with Crippen molar-refractivity contribution in [1.29, 1.82) is 4.17 Å². The molecule has 0 fully saturated rings. The number of hydrogen-bond acceptors (Lipinski definition) is 1. The van der Waals surface area contributed by atoms with Crippen molar-refractivity contribution in [2.24, 2.45) is 0 Å². The van der Waals surface area contributed by atoms with Crippen LogP contribution in [0.2, 0.25) is 0 Å². The molecule has 0 aliphatic carbocycles. The molecule has 0 atom stereocenters.